The monoisotopic (exact) mass is 597 g/mol. The average Bonchev–Trinajstić information content (AvgIpc) is 3.61. The number of imidazole rings is 2. The molecule has 8 N–H and O–H groups in total. The molecule has 1 aromatic carbocycles. The van der Waals surface area contributed by atoms with Crippen molar-refractivity contribution in [2.24, 2.45) is 28.9 Å². The van der Waals surface area contributed by atoms with E-state index in [9.17, 15) is 19.2 Å². The van der Waals surface area contributed by atoms with Gasteiger partial charge in [-0.2, -0.15) is 4.68 Å². The van der Waals surface area contributed by atoms with Gasteiger partial charge in [-0.3, -0.25) is 30.2 Å². The van der Waals surface area contributed by atoms with Gasteiger partial charge in [-0.25, -0.2) is 19.2 Å². The van der Waals surface area contributed by atoms with Crippen LogP contribution in [0.1, 0.15) is 50.7 Å². The summed E-state index contributed by atoms with van der Waals surface area (Å²) < 4.78 is 2.13. The van der Waals surface area contributed by atoms with Crippen LogP contribution in [-0.4, -0.2) is 84.3 Å². The maximum atomic E-state index is 11.6. The van der Waals surface area contributed by atoms with Crippen LogP contribution in [0.5, 0.6) is 0 Å². The first kappa shape index (κ1) is 33.6. The van der Waals surface area contributed by atoms with Crippen molar-refractivity contribution < 1.29 is 14.4 Å². The molecule has 0 spiro atoms. The van der Waals surface area contributed by atoms with Crippen molar-refractivity contribution in [3.8, 4) is 0 Å². The molecule has 4 aromatic rings. The summed E-state index contributed by atoms with van der Waals surface area (Å²) in [5.74, 6) is -1.13. The maximum Gasteiger partial charge on any atom is 0.352 e. The van der Waals surface area contributed by atoms with Crippen LogP contribution < -0.4 is 33.3 Å². The molecule has 0 radical (unpaired) electrons. The van der Waals surface area contributed by atoms with Crippen molar-refractivity contribution in [2.75, 3.05) is 21.1 Å². The first-order chi connectivity index (χ1) is 20.3. The lowest BCUT2D eigenvalue weighted by atomic mass is 10.1. The van der Waals surface area contributed by atoms with Gasteiger partial charge in [0.2, 0.25) is 0 Å². The van der Waals surface area contributed by atoms with E-state index in [4.69, 9.17) is 11.5 Å². The molecule has 0 saturated heterocycles. The highest BCUT2D eigenvalue weighted by Crippen LogP contribution is 2.12. The molecule has 4 rings (SSSR count). The Morgan fingerprint density at radius 2 is 1.72 bits per heavy atom. The zero-order valence-electron chi connectivity index (χ0n) is 24.6. The summed E-state index contributed by atoms with van der Waals surface area (Å²) in [6, 6.07) is 7.73. The molecule has 19 heteroatoms. The SMILES string of the molecule is CN(C)/N=N/c1[nH]cnc1C(N)=O.CNNCc1ccc(C(=O)NC(C)C)cc1.Cn1nnc2c(C(N)=O)ncn2c1=O. The second-order valence-electron chi connectivity index (χ2n) is 9.08. The molecular weight excluding hydrogens is 562 g/mol. The topological polar surface area (TPSA) is 261 Å². The number of H-pyrrole nitrogens is 1. The number of carbonyl (C=O) groups is 3. The molecule has 3 amide bonds. The second-order valence-corrected chi connectivity index (χ2v) is 9.08. The molecule has 43 heavy (non-hydrogen) atoms. The summed E-state index contributed by atoms with van der Waals surface area (Å²) >= 11 is 0. The number of rotatable bonds is 9. The van der Waals surface area contributed by atoms with Gasteiger partial charge in [0.25, 0.3) is 17.7 Å². The predicted octanol–water partition coefficient (Wildman–Crippen LogP) is -0.960. The normalized spacial score (nSPS) is 10.6. The van der Waals surface area contributed by atoms with Crippen LogP contribution in [-0.2, 0) is 13.6 Å². The number of aromatic amines is 1. The number of amides is 3. The van der Waals surface area contributed by atoms with Gasteiger partial charge >= 0.3 is 5.69 Å². The molecule has 0 fully saturated rings. The minimum atomic E-state index is -0.741. The first-order valence-electron chi connectivity index (χ1n) is 12.6. The predicted molar refractivity (Wildman–Crippen MR) is 155 cm³/mol. The number of fused-ring (bicyclic) bond motifs is 1. The number of nitrogens with zero attached hydrogens (tertiary/aromatic N) is 9. The van der Waals surface area contributed by atoms with Crippen LogP contribution in [0.2, 0.25) is 0 Å². The molecule has 3 heterocycles. The minimum absolute atomic E-state index is 0.0249. The Morgan fingerprint density at radius 1 is 1.07 bits per heavy atom. The van der Waals surface area contributed by atoms with Crippen molar-refractivity contribution in [3.05, 3.63) is 69.9 Å². The van der Waals surface area contributed by atoms with Crippen LogP contribution in [0.15, 0.2) is 52.1 Å². The number of hydrazine groups is 1. The van der Waals surface area contributed by atoms with E-state index in [1.54, 1.807) is 14.1 Å². The maximum absolute atomic E-state index is 11.6. The first-order valence-corrected chi connectivity index (χ1v) is 12.6. The van der Waals surface area contributed by atoms with Crippen LogP contribution in [0.3, 0.4) is 0 Å². The van der Waals surface area contributed by atoms with Gasteiger partial charge in [-0.05, 0) is 38.6 Å². The lowest BCUT2D eigenvalue weighted by molar-refractivity contribution is 0.0941. The number of aryl methyl sites for hydroxylation is 1. The fraction of sp³-hybridized carbons (Fsp3) is 0.333. The smallest absolute Gasteiger partial charge is 0.352 e. The van der Waals surface area contributed by atoms with E-state index in [2.05, 4.69) is 51.8 Å². The van der Waals surface area contributed by atoms with E-state index in [0.717, 1.165) is 21.2 Å². The number of nitrogens with two attached hydrogens (primary N) is 2. The van der Waals surface area contributed by atoms with Crippen molar-refractivity contribution in [1.82, 2.24) is 55.5 Å². The standard InChI is InChI=1S/C12H19N3O.C6H6N6O2.C6H10N6O/c1-9(2)15-12(16)11-6-4-10(5-7-11)8-14-13-3;1-11-6(14)12-2-8-3(4(7)13)5(12)9-10-11;1-12(2)11-10-6-4(5(7)13)8-3-9-6/h4-7,9,13-14H,8H2,1-3H3,(H,15,16);2H,1H3,(H2,7,13);3H,1-2H3,(H2,7,13)(H,8,9)/b;;11-10+. The Morgan fingerprint density at radius 3 is 2.28 bits per heavy atom. The zero-order valence-corrected chi connectivity index (χ0v) is 24.6. The summed E-state index contributed by atoms with van der Waals surface area (Å²) in [6.07, 6.45) is 2.52. The molecule has 0 bridgehead atoms. The number of carbonyl (C=O) groups excluding carboxylic acids is 3. The van der Waals surface area contributed by atoms with Crippen molar-refractivity contribution in [1.29, 1.82) is 0 Å². The fourth-order valence-corrected chi connectivity index (χ4v) is 3.04. The number of aromatic nitrogens is 7. The summed E-state index contributed by atoms with van der Waals surface area (Å²) in [5, 5.41) is 18.9. The summed E-state index contributed by atoms with van der Waals surface area (Å²) in [6.45, 7) is 4.63. The van der Waals surface area contributed by atoms with Gasteiger partial charge in [0.05, 0.1) is 6.33 Å². The number of nitrogens with one attached hydrogen (secondary N) is 4. The third-order valence-electron chi connectivity index (χ3n) is 5.01. The second kappa shape index (κ2) is 16.0. The molecule has 230 valence electrons. The Hall–Kier alpha value is -5.56. The Balaban J connectivity index is 0.000000226. The van der Waals surface area contributed by atoms with Gasteiger partial charge < -0.3 is 21.8 Å². The van der Waals surface area contributed by atoms with Crippen LogP contribution >= 0.6 is 0 Å². The summed E-state index contributed by atoms with van der Waals surface area (Å²) in [4.78, 5) is 54.6. The third-order valence-corrected chi connectivity index (χ3v) is 5.01. The lowest BCUT2D eigenvalue weighted by Gasteiger charge is -2.09. The Kier molecular flexibility index (Phi) is 12.5. The quantitative estimate of drug-likeness (QED) is 0.101. The zero-order chi connectivity index (χ0) is 32.1. The number of primary amides is 2. The molecule has 0 unspecified atom stereocenters. The fourth-order valence-electron chi connectivity index (χ4n) is 3.04. The lowest BCUT2D eigenvalue weighted by Crippen LogP contribution is -2.30. The van der Waals surface area contributed by atoms with Gasteiger partial charge in [0, 0.05) is 39.3 Å². The van der Waals surface area contributed by atoms with E-state index < -0.39 is 17.5 Å². The molecule has 0 saturated carbocycles. The van der Waals surface area contributed by atoms with E-state index in [0.29, 0.717) is 5.56 Å². The largest absolute Gasteiger partial charge is 0.364 e. The number of hydrogen-bond acceptors (Lipinski definition) is 12. The highest BCUT2D eigenvalue weighted by Gasteiger charge is 2.14. The van der Waals surface area contributed by atoms with Gasteiger partial charge in [-0.15, -0.1) is 10.2 Å². The van der Waals surface area contributed by atoms with Gasteiger partial charge in [0.15, 0.2) is 22.9 Å². The number of benzene rings is 1. The van der Waals surface area contributed by atoms with Crippen molar-refractivity contribution in [2.45, 2.75) is 26.4 Å². The third kappa shape index (κ3) is 10.1. The molecule has 3 aromatic heterocycles. The molecular formula is C24H35N15O4. The molecule has 0 aliphatic rings. The average molecular weight is 598 g/mol. The van der Waals surface area contributed by atoms with E-state index in [1.165, 1.54) is 24.7 Å². The highest BCUT2D eigenvalue weighted by molar-refractivity contribution is 5.96. The van der Waals surface area contributed by atoms with E-state index in [-0.39, 0.29) is 34.8 Å². The summed E-state index contributed by atoms with van der Waals surface area (Å²) in [5.41, 5.74) is 17.4. The van der Waals surface area contributed by atoms with Crippen molar-refractivity contribution >= 4 is 29.2 Å². The Labute approximate surface area is 245 Å². The van der Waals surface area contributed by atoms with Crippen LogP contribution in [0.4, 0.5) is 5.82 Å². The molecule has 0 atom stereocenters. The van der Waals surface area contributed by atoms with Crippen LogP contribution in [0, 0.1) is 0 Å². The van der Waals surface area contributed by atoms with E-state index in [1.807, 2.05) is 45.2 Å². The molecule has 19 nitrogen and oxygen atoms in total. The van der Waals surface area contributed by atoms with Crippen LogP contribution in [0.25, 0.3) is 5.65 Å². The van der Waals surface area contributed by atoms with Crippen molar-refractivity contribution in [3.63, 3.8) is 0 Å². The Bertz CT molecular complexity index is 1600. The van der Waals surface area contributed by atoms with Gasteiger partial charge in [0.1, 0.15) is 6.33 Å². The van der Waals surface area contributed by atoms with E-state index >= 15 is 0 Å². The molecule has 0 aliphatic heterocycles. The highest BCUT2D eigenvalue weighted by atomic mass is 16.2. The number of hydrogen-bond donors (Lipinski definition) is 6. The van der Waals surface area contributed by atoms with Gasteiger partial charge in [-0.1, -0.05) is 22.6 Å². The minimum Gasteiger partial charge on any atom is -0.364 e. The summed E-state index contributed by atoms with van der Waals surface area (Å²) in [7, 11) is 6.69. The molecule has 0 aliphatic carbocycles.